The Morgan fingerprint density at radius 3 is 2.69 bits per heavy atom. The highest BCUT2D eigenvalue weighted by Gasteiger charge is 2.16. The molecule has 5 nitrogen and oxygen atoms in total. The van der Waals surface area contributed by atoms with E-state index in [2.05, 4.69) is 24.4 Å². The van der Waals surface area contributed by atoms with Gasteiger partial charge in [0, 0.05) is 12.3 Å². The molecule has 0 unspecified atom stereocenters. The molecule has 1 aromatic carbocycles. The lowest BCUT2D eigenvalue weighted by atomic mass is 10.1. The number of aromatic nitrogens is 2. The van der Waals surface area contributed by atoms with Crippen LogP contribution in [0.5, 0.6) is 0 Å². The molecule has 0 bridgehead atoms. The molecular weight excluding hydrogens is 348 g/mol. The Morgan fingerprint density at radius 2 is 1.96 bits per heavy atom. The summed E-state index contributed by atoms with van der Waals surface area (Å²) in [6.45, 7) is 0.792. The maximum absolute atomic E-state index is 12.5. The van der Waals surface area contributed by atoms with Crippen LogP contribution in [0.3, 0.4) is 0 Å². The van der Waals surface area contributed by atoms with E-state index in [-0.39, 0.29) is 11.9 Å². The molecule has 134 valence electrons. The lowest BCUT2D eigenvalue weighted by Gasteiger charge is -2.20. The smallest absolute Gasteiger partial charge is 0.244 e. The van der Waals surface area contributed by atoms with Gasteiger partial charge in [-0.3, -0.25) is 9.20 Å². The van der Waals surface area contributed by atoms with Crippen molar-refractivity contribution in [3.05, 3.63) is 77.2 Å². The molecular formula is C20H22ClN4O+. The summed E-state index contributed by atoms with van der Waals surface area (Å²) >= 11 is 6.20. The molecule has 0 radical (unpaired) electrons. The average molecular weight is 370 g/mol. The highest BCUT2D eigenvalue weighted by atomic mass is 35.5. The van der Waals surface area contributed by atoms with Gasteiger partial charge < -0.3 is 10.2 Å². The standard InChI is InChI=1S/C20H21ClN4O/c1-24(2)14-16(15-8-4-3-5-9-15)22-19(26)12-11-17-20(21)23-18-10-6-7-13-25(17)18/h3-13,16H,14H2,1-2H3,(H,22,26)/p+1/b12-11+/t16-/m0/s1. The molecule has 3 aromatic rings. The van der Waals surface area contributed by atoms with Crippen LogP contribution < -0.4 is 10.2 Å². The number of benzene rings is 1. The molecule has 2 heterocycles. The van der Waals surface area contributed by atoms with Gasteiger partial charge in [0.05, 0.1) is 19.8 Å². The average Bonchev–Trinajstić information content (AvgIpc) is 2.95. The molecule has 0 aliphatic carbocycles. The first kappa shape index (κ1) is 18.2. The number of hydrogen-bond donors (Lipinski definition) is 2. The zero-order valence-electron chi connectivity index (χ0n) is 14.8. The van der Waals surface area contributed by atoms with Crippen molar-refractivity contribution in [1.82, 2.24) is 14.7 Å². The number of halogens is 1. The number of hydrogen-bond acceptors (Lipinski definition) is 2. The van der Waals surface area contributed by atoms with Gasteiger partial charge in [-0.1, -0.05) is 48.0 Å². The van der Waals surface area contributed by atoms with E-state index in [1.54, 1.807) is 6.08 Å². The van der Waals surface area contributed by atoms with E-state index in [0.717, 1.165) is 17.8 Å². The first-order valence-corrected chi connectivity index (χ1v) is 8.87. The summed E-state index contributed by atoms with van der Waals surface area (Å²) in [7, 11) is 4.13. The first-order valence-electron chi connectivity index (χ1n) is 8.49. The van der Waals surface area contributed by atoms with E-state index >= 15 is 0 Å². The molecule has 0 saturated carbocycles. The number of nitrogens with zero attached hydrogens (tertiary/aromatic N) is 2. The number of imidazole rings is 1. The normalized spacial score (nSPS) is 12.8. The molecule has 1 atom stereocenters. The lowest BCUT2D eigenvalue weighted by molar-refractivity contribution is -0.860. The monoisotopic (exact) mass is 369 g/mol. The Labute approximate surface area is 157 Å². The predicted octanol–water partition coefficient (Wildman–Crippen LogP) is 2.00. The number of nitrogens with one attached hydrogen (secondary N) is 2. The number of pyridine rings is 1. The summed E-state index contributed by atoms with van der Waals surface area (Å²) in [5.41, 5.74) is 2.52. The van der Waals surface area contributed by atoms with E-state index < -0.39 is 0 Å². The van der Waals surface area contributed by atoms with Crippen molar-refractivity contribution in [2.75, 3.05) is 20.6 Å². The highest BCUT2D eigenvalue weighted by Crippen LogP contribution is 2.19. The van der Waals surface area contributed by atoms with Crippen LogP contribution in [0.15, 0.2) is 60.8 Å². The van der Waals surface area contributed by atoms with Gasteiger partial charge in [0.25, 0.3) is 0 Å². The molecule has 2 N–H and O–H groups in total. The molecule has 0 aliphatic rings. The zero-order chi connectivity index (χ0) is 18.5. The number of rotatable bonds is 6. The largest absolute Gasteiger partial charge is 0.340 e. The summed E-state index contributed by atoms with van der Waals surface area (Å²) in [5, 5.41) is 3.45. The van der Waals surface area contributed by atoms with Crippen molar-refractivity contribution >= 4 is 29.2 Å². The summed E-state index contributed by atoms with van der Waals surface area (Å²) < 4.78 is 1.85. The molecule has 0 spiro atoms. The Bertz CT molecular complexity index is 918. The summed E-state index contributed by atoms with van der Waals surface area (Å²) in [5.74, 6) is -0.165. The van der Waals surface area contributed by atoms with Crippen molar-refractivity contribution in [3.8, 4) is 0 Å². The van der Waals surface area contributed by atoms with Gasteiger partial charge in [-0.05, 0) is 23.8 Å². The van der Waals surface area contributed by atoms with Gasteiger partial charge >= 0.3 is 0 Å². The highest BCUT2D eigenvalue weighted by molar-refractivity contribution is 6.31. The van der Waals surface area contributed by atoms with Gasteiger partial charge in [0.15, 0.2) is 5.15 Å². The van der Waals surface area contributed by atoms with Crippen LogP contribution in [0.25, 0.3) is 11.7 Å². The van der Waals surface area contributed by atoms with Crippen LogP contribution in [-0.2, 0) is 4.79 Å². The maximum Gasteiger partial charge on any atom is 0.244 e. The number of likely N-dealkylation sites (N-methyl/N-ethyl adjacent to an activating group) is 1. The second-order valence-corrected chi connectivity index (χ2v) is 6.79. The minimum atomic E-state index is -0.165. The van der Waals surface area contributed by atoms with Crippen LogP contribution in [0.1, 0.15) is 17.3 Å². The number of quaternary nitrogens is 1. The van der Waals surface area contributed by atoms with Crippen LogP contribution >= 0.6 is 11.6 Å². The minimum Gasteiger partial charge on any atom is -0.340 e. The van der Waals surface area contributed by atoms with E-state index in [9.17, 15) is 4.79 Å². The summed E-state index contributed by atoms with van der Waals surface area (Å²) in [6, 6.07) is 15.6. The van der Waals surface area contributed by atoms with E-state index in [1.807, 2.05) is 59.1 Å². The second kappa shape index (κ2) is 8.17. The Kier molecular flexibility index (Phi) is 5.71. The van der Waals surface area contributed by atoms with Crippen molar-refractivity contribution in [2.45, 2.75) is 6.04 Å². The van der Waals surface area contributed by atoms with Crippen molar-refractivity contribution in [1.29, 1.82) is 0 Å². The van der Waals surface area contributed by atoms with Crippen molar-refractivity contribution in [2.24, 2.45) is 0 Å². The lowest BCUT2D eigenvalue weighted by Crippen LogP contribution is -3.06. The van der Waals surface area contributed by atoms with Crippen LogP contribution in [-0.4, -0.2) is 35.9 Å². The molecule has 0 saturated heterocycles. The van der Waals surface area contributed by atoms with Gasteiger partial charge in [0.1, 0.15) is 18.2 Å². The van der Waals surface area contributed by atoms with E-state index in [4.69, 9.17) is 11.6 Å². The molecule has 3 rings (SSSR count). The topological polar surface area (TPSA) is 50.8 Å². The number of carbonyl (C=O) groups excluding carboxylic acids is 1. The third-order valence-corrected chi connectivity index (χ3v) is 4.32. The quantitative estimate of drug-likeness (QED) is 0.653. The SMILES string of the molecule is C[NH+](C)C[C@H](NC(=O)/C=C/c1c(Cl)nc2ccccn12)c1ccccc1. The molecule has 1 amide bonds. The number of carbonyl (C=O) groups is 1. The third-order valence-electron chi connectivity index (χ3n) is 4.05. The fourth-order valence-electron chi connectivity index (χ4n) is 2.86. The maximum atomic E-state index is 12.5. The Balaban J connectivity index is 1.77. The van der Waals surface area contributed by atoms with Gasteiger partial charge in [-0.15, -0.1) is 0 Å². The summed E-state index contributed by atoms with van der Waals surface area (Å²) in [6.07, 6.45) is 5.07. The Hall–Kier alpha value is -2.63. The van der Waals surface area contributed by atoms with Crippen LogP contribution in [0.2, 0.25) is 5.15 Å². The minimum absolute atomic E-state index is 0.0593. The van der Waals surface area contributed by atoms with Crippen molar-refractivity contribution in [3.63, 3.8) is 0 Å². The molecule has 0 fully saturated rings. The predicted molar refractivity (Wildman–Crippen MR) is 104 cm³/mol. The number of fused-ring (bicyclic) bond motifs is 1. The molecule has 0 aliphatic heterocycles. The first-order chi connectivity index (χ1) is 12.5. The number of amides is 1. The van der Waals surface area contributed by atoms with Crippen LogP contribution in [0, 0.1) is 0 Å². The van der Waals surface area contributed by atoms with E-state index in [1.165, 1.54) is 11.0 Å². The summed E-state index contributed by atoms with van der Waals surface area (Å²) in [4.78, 5) is 18.0. The molecule has 6 heteroatoms. The van der Waals surface area contributed by atoms with Gasteiger partial charge in [-0.2, -0.15) is 0 Å². The molecule has 2 aromatic heterocycles. The third kappa shape index (κ3) is 4.31. The van der Waals surface area contributed by atoms with Crippen molar-refractivity contribution < 1.29 is 9.69 Å². The zero-order valence-corrected chi connectivity index (χ0v) is 15.6. The molecule has 26 heavy (non-hydrogen) atoms. The van der Waals surface area contributed by atoms with Gasteiger partial charge in [0.2, 0.25) is 5.91 Å². The van der Waals surface area contributed by atoms with E-state index in [0.29, 0.717) is 10.8 Å². The fraction of sp³-hybridized carbons (Fsp3) is 0.200. The second-order valence-electron chi connectivity index (χ2n) is 6.43. The van der Waals surface area contributed by atoms with Crippen LogP contribution in [0.4, 0.5) is 0 Å². The van der Waals surface area contributed by atoms with Gasteiger partial charge in [-0.25, -0.2) is 4.98 Å². The fourth-order valence-corrected chi connectivity index (χ4v) is 3.10. The Morgan fingerprint density at radius 1 is 1.23 bits per heavy atom.